The fourth-order valence-electron chi connectivity index (χ4n) is 1.55. The number of hydrogen-bond acceptors (Lipinski definition) is 3. The van der Waals surface area contributed by atoms with Gasteiger partial charge in [0, 0.05) is 11.8 Å². The molecule has 0 amide bonds. The second kappa shape index (κ2) is 3.80. The molecule has 0 aliphatic carbocycles. The van der Waals surface area contributed by atoms with Crippen molar-refractivity contribution in [2.45, 2.75) is 19.8 Å². The molecule has 3 heteroatoms. The van der Waals surface area contributed by atoms with Crippen molar-refractivity contribution in [3.8, 4) is 0 Å². The lowest BCUT2D eigenvalue weighted by molar-refractivity contribution is 0.389. The van der Waals surface area contributed by atoms with E-state index in [1.54, 1.807) is 0 Å². The normalized spacial score (nSPS) is 11.0. The van der Waals surface area contributed by atoms with E-state index in [-0.39, 0.29) is 0 Å². The molecule has 0 aliphatic heterocycles. The number of nitrogens with two attached hydrogens (primary N) is 1. The molecule has 0 bridgehead atoms. The molecule has 2 N–H and O–H groups in total. The van der Waals surface area contributed by atoms with Crippen LogP contribution in [0.25, 0.3) is 10.9 Å². The first-order valence-electron chi connectivity index (χ1n) is 4.86. The van der Waals surface area contributed by atoms with Crippen LogP contribution in [-0.4, -0.2) is 11.7 Å². The van der Waals surface area contributed by atoms with Gasteiger partial charge in [-0.15, -0.1) is 0 Å². The van der Waals surface area contributed by atoms with Gasteiger partial charge >= 0.3 is 0 Å². The molecule has 74 valence electrons. The maximum Gasteiger partial charge on any atom is 0.144 e. The lowest BCUT2D eigenvalue weighted by atomic mass is 10.1. The van der Waals surface area contributed by atoms with E-state index in [9.17, 15) is 0 Å². The van der Waals surface area contributed by atoms with Crippen LogP contribution in [0, 0.1) is 6.92 Å². The summed E-state index contributed by atoms with van der Waals surface area (Å²) in [5, 5.41) is 5.12. The van der Waals surface area contributed by atoms with Gasteiger partial charge in [-0.1, -0.05) is 16.8 Å². The smallest absolute Gasteiger partial charge is 0.144 e. The second-order valence-electron chi connectivity index (χ2n) is 3.52. The Bertz CT molecular complexity index is 434. The number of aromatic nitrogens is 1. The van der Waals surface area contributed by atoms with Crippen molar-refractivity contribution < 1.29 is 4.52 Å². The summed E-state index contributed by atoms with van der Waals surface area (Å²) >= 11 is 0. The number of nitrogens with zero attached hydrogens (tertiary/aromatic N) is 1. The molecule has 0 fully saturated rings. The van der Waals surface area contributed by atoms with E-state index in [1.165, 1.54) is 5.56 Å². The number of aryl methyl sites for hydroxylation is 2. The molecular formula is C11H14N2O. The Morgan fingerprint density at radius 2 is 2.29 bits per heavy atom. The molecule has 3 nitrogen and oxygen atoms in total. The lowest BCUT2D eigenvalue weighted by Gasteiger charge is -1.95. The number of benzene rings is 1. The monoisotopic (exact) mass is 190 g/mol. The Balaban J connectivity index is 2.40. The lowest BCUT2D eigenvalue weighted by Crippen LogP contribution is -1.99. The Labute approximate surface area is 82.9 Å². The quantitative estimate of drug-likeness (QED) is 0.805. The molecule has 14 heavy (non-hydrogen) atoms. The summed E-state index contributed by atoms with van der Waals surface area (Å²) in [4.78, 5) is 0. The van der Waals surface area contributed by atoms with Crippen molar-refractivity contribution in [1.82, 2.24) is 5.16 Å². The van der Waals surface area contributed by atoms with Gasteiger partial charge in [-0.3, -0.25) is 0 Å². The zero-order valence-electron chi connectivity index (χ0n) is 8.29. The molecule has 0 atom stereocenters. The average molecular weight is 190 g/mol. The highest BCUT2D eigenvalue weighted by Gasteiger charge is 2.07. The van der Waals surface area contributed by atoms with Crippen molar-refractivity contribution in [3.05, 3.63) is 29.5 Å². The maximum absolute atomic E-state index is 5.46. The molecule has 1 aromatic carbocycles. The third-order valence-electron chi connectivity index (χ3n) is 2.31. The van der Waals surface area contributed by atoms with Crippen LogP contribution in [0.1, 0.15) is 17.7 Å². The highest BCUT2D eigenvalue weighted by Crippen LogP contribution is 2.20. The average Bonchev–Trinajstić information content (AvgIpc) is 2.57. The van der Waals surface area contributed by atoms with E-state index in [4.69, 9.17) is 10.3 Å². The van der Waals surface area contributed by atoms with Crippen LogP contribution >= 0.6 is 0 Å². The summed E-state index contributed by atoms with van der Waals surface area (Å²) in [6, 6.07) is 6.13. The maximum atomic E-state index is 5.46. The third kappa shape index (κ3) is 1.63. The summed E-state index contributed by atoms with van der Waals surface area (Å²) in [6.45, 7) is 2.76. The van der Waals surface area contributed by atoms with Crippen LogP contribution in [0.15, 0.2) is 22.7 Å². The highest BCUT2D eigenvalue weighted by atomic mass is 16.5. The van der Waals surface area contributed by atoms with Gasteiger partial charge in [0.25, 0.3) is 0 Å². The Morgan fingerprint density at radius 1 is 1.43 bits per heavy atom. The summed E-state index contributed by atoms with van der Waals surface area (Å²) in [5.74, 6) is 0.953. The standard InChI is InChI=1S/C11H14N2O/c1-8-4-5-10-9(7-8)11(14-13-10)3-2-6-12/h4-5,7H,2-3,6,12H2,1H3. The van der Waals surface area contributed by atoms with Gasteiger partial charge in [-0.2, -0.15) is 0 Å². The van der Waals surface area contributed by atoms with E-state index in [0.717, 1.165) is 29.5 Å². The van der Waals surface area contributed by atoms with Gasteiger partial charge < -0.3 is 10.3 Å². The first-order valence-corrected chi connectivity index (χ1v) is 4.86. The molecule has 0 saturated heterocycles. The zero-order chi connectivity index (χ0) is 9.97. The van der Waals surface area contributed by atoms with Gasteiger partial charge in [0.15, 0.2) is 0 Å². The minimum atomic E-state index is 0.689. The van der Waals surface area contributed by atoms with Gasteiger partial charge in [0.2, 0.25) is 0 Å². The number of fused-ring (bicyclic) bond motifs is 1. The molecule has 0 spiro atoms. The summed E-state index contributed by atoms with van der Waals surface area (Å²) < 4.78 is 5.27. The predicted octanol–water partition coefficient (Wildman–Crippen LogP) is 2.03. The molecule has 1 heterocycles. The van der Waals surface area contributed by atoms with Crippen LogP contribution in [-0.2, 0) is 6.42 Å². The van der Waals surface area contributed by atoms with E-state index in [0.29, 0.717) is 6.54 Å². The van der Waals surface area contributed by atoms with Gasteiger partial charge in [0.05, 0.1) is 0 Å². The van der Waals surface area contributed by atoms with E-state index >= 15 is 0 Å². The van der Waals surface area contributed by atoms with Crippen LogP contribution in [0.3, 0.4) is 0 Å². The van der Waals surface area contributed by atoms with Crippen molar-refractivity contribution in [3.63, 3.8) is 0 Å². The van der Waals surface area contributed by atoms with E-state index in [1.807, 2.05) is 12.1 Å². The van der Waals surface area contributed by atoms with Crippen LogP contribution in [0.5, 0.6) is 0 Å². The third-order valence-corrected chi connectivity index (χ3v) is 2.31. The summed E-state index contributed by atoms with van der Waals surface area (Å²) in [6.07, 6.45) is 1.81. The van der Waals surface area contributed by atoms with Crippen molar-refractivity contribution in [2.24, 2.45) is 5.73 Å². The Kier molecular flexibility index (Phi) is 2.50. The molecule has 0 aliphatic rings. The van der Waals surface area contributed by atoms with Crippen molar-refractivity contribution in [2.75, 3.05) is 6.54 Å². The predicted molar refractivity (Wildman–Crippen MR) is 56.1 cm³/mol. The summed E-state index contributed by atoms with van der Waals surface area (Å²) in [5.41, 5.74) is 7.62. The fourth-order valence-corrected chi connectivity index (χ4v) is 1.55. The zero-order valence-corrected chi connectivity index (χ0v) is 8.29. The van der Waals surface area contributed by atoms with Crippen LogP contribution in [0.2, 0.25) is 0 Å². The van der Waals surface area contributed by atoms with Gasteiger partial charge in [0.1, 0.15) is 11.3 Å². The fraction of sp³-hybridized carbons (Fsp3) is 0.364. The van der Waals surface area contributed by atoms with Crippen molar-refractivity contribution >= 4 is 10.9 Å². The number of hydrogen-bond donors (Lipinski definition) is 1. The van der Waals surface area contributed by atoms with E-state index < -0.39 is 0 Å². The summed E-state index contributed by atoms with van der Waals surface area (Å²) in [7, 11) is 0. The molecule has 2 aromatic rings. The van der Waals surface area contributed by atoms with E-state index in [2.05, 4.69) is 18.1 Å². The first-order chi connectivity index (χ1) is 6.81. The highest BCUT2D eigenvalue weighted by molar-refractivity contribution is 5.81. The molecular weight excluding hydrogens is 176 g/mol. The minimum absolute atomic E-state index is 0.689. The van der Waals surface area contributed by atoms with Gasteiger partial charge in [-0.25, -0.2) is 0 Å². The molecule has 0 saturated carbocycles. The Hall–Kier alpha value is -1.35. The molecule has 0 unspecified atom stereocenters. The second-order valence-corrected chi connectivity index (χ2v) is 3.52. The SMILES string of the molecule is Cc1ccc2noc(CCCN)c2c1. The molecule has 0 radical (unpaired) electrons. The van der Waals surface area contributed by atoms with Crippen LogP contribution in [0.4, 0.5) is 0 Å². The topological polar surface area (TPSA) is 52.0 Å². The first kappa shape index (κ1) is 9.21. The molecule has 2 rings (SSSR count). The van der Waals surface area contributed by atoms with Crippen LogP contribution < -0.4 is 5.73 Å². The number of rotatable bonds is 3. The van der Waals surface area contributed by atoms with Gasteiger partial charge in [-0.05, 0) is 32.0 Å². The Morgan fingerprint density at radius 3 is 3.07 bits per heavy atom. The van der Waals surface area contributed by atoms with Crippen molar-refractivity contribution in [1.29, 1.82) is 0 Å². The molecule has 1 aromatic heterocycles. The largest absolute Gasteiger partial charge is 0.360 e. The minimum Gasteiger partial charge on any atom is -0.360 e.